The summed E-state index contributed by atoms with van der Waals surface area (Å²) in [5, 5.41) is 6.36. The zero-order chi connectivity index (χ0) is 24.9. The number of nitrogens with zero attached hydrogens (tertiary/aromatic N) is 3. The smallest absolute Gasteiger partial charge is 0.280 e. The summed E-state index contributed by atoms with van der Waals surface area (Å²) in [4.78, 5) is 12.3. The molecule has 0 aliphatic heterocycles. The molecule has 182 valence electrons. The largest absolute Gasteiger partial charge is 0.379 e. The van der Waals surface area contributed by atoms with Gasteiger partial charge in [-0.15, -0.1) is 0 Å². The lowest BCUT2D eigenvalue weighted by Gasteiger charge is -2.10. The van der Waals surface area contributed by atoms with E-state index in [1.165, 1.54) is 24.4 Å². The van der Waals surface area contributed by atoms with Gasteiger partial charge in [0.25, 0.3) is 6.43 Å². The monoisotopic (exact) mass is 471 g/mol. The molecule has 2 heterocycles. The molecule has 0 fully saturated rings. The molecule has 0 amide bonds. The highest BCUT2D eigenvalue weighted by atomic mass is 19.3. The summed E-state index contributed by atoms with van der Waals surface area (Å²) in [6.07, 6.45) is 7.26. The Morgan fingerprint density at radius 3 is 2.68 bits per heavy atom. The number of hydrogen-bond donors (Lipinski definition) is 2. The zero-order valence-corrected chi connectivity index (χ0v) is 20.0. The number of alkyl halides is 2. The van der Waals surface area contributed by atoms with Gasteiger partial charge >= 0.3 is 0 Å². The number of aliphatic imine (C=N–C) groups is 1. The topological polar surface area (TPSA) is 62.2 Å². The van der Waals surface area contributed by atoms with E-state index < -0.39 is 12.2 Å². The number of rotatable bonds is 12. The van der Waals surface area contributed by atoms with E-state index in [-0.39, 0.29) is 17.9 Å². The Bertz CT molecular complexity index is 1040. The lowest BCUT2D eigenvalue weighted by Crippen LogP contribution is -2.22. The third-order valence-corrected chi connectivity index (χ3v) is 4.76. The molecule has 2 N–H and O–H groups in total. The Kier molecular flexibility index (Phi) is 11.2. The maximum absolute atomic E-state index is 13.9. The normalized spacial score (nSPS) is 13.4. The van der Waals surface area contributed by atoms with Gasteiger partial charge in [-0.1, -0.05) is 32.1 Å². The van der Waals surface area contributed by atoms with Crippen LogP contribution in [0.2, 0.25) is 0 Å². The van der Waals surface area contributed by atoms with Crippen LogP contribution in [0.3, 0.4) is 0 Å². The standard InChI is InChI=1S/C26H32F3N5/c1-5-7-20(16-31-14-18(2)3)19(4)15-33-23(24-8-6-9-25(34-24)26(28)29)11-13-32-22-10-12-30-17-21(22)27/h5-12,15,17-18,26,31H,13-14,16H2,1-4H3,(H,30,32)/b7-5-,20-19-,23-11-,33-15-. The molecule has 0 aliphatic rings. The SMILES string of the molecule is C\C=C/C(CNCC(C)C)=C(C)/C=N\C(=C/CNc1ccncc1F)c1cccc(C(F)F)n1. The van der Waals surface area contributed by atoms with Crippen LogP contribution in [0.25, 0.3) is 5.70 Å². The lowest BCUT2D eigenvalue weighted by molar-refractivity contribution is 0.146. The van der Waals surface area contributed by atoms with Crippen LogP contribution in [-0.2, 0) is 0 Å². The fourth-order valence-corrected chi connectivity index (χ4v) is 2.99. The second kappa shape index (κ2) is 14.1. The Balaban J connectivity index is 2.33. The van der Waals surface area contributed by atoms with E-state index in [4.69, 9.17) is 0 Å². The Hall–Kier alpha value is -3.26. The molecule has 0 saturated carbocycles. The fraction of sp³-hybridized carbons (Fsp3) is 0.346. The first kappa shape index (κ1) is 27.0. The van der Waals surface area contributed by atoms with Crippen LogP contribution in [0.4, 0.5) is 18.9 Å². The van der Waals surface area contributed by atoms with Gasteiger partial charge in [-0.2, -0.15) is 0 Å². The highest BCUT2D eigenvalue weighted by Crippen LogP contribution is 2.21. The number of pyridine rings is 2. The van der Waals surface area contributed by atoms with E-state index in [0.29, 0.717) is 23.9 Å². The van der Waals surface area contributed by atoms with Crippen LogP contribution in [-0.4, -0.2) is 35.8 Å². The van der Waals surface area contributed by atoms with Gasteiger partial charge in [0.05, 0.1) is 23.3 Å². The van der Waals surface area contributed by atoms with E-state index in [9.17, 15) is 13.2 Å². The van der Waals surface area contributed by atoms with E-state index in [1.54, 1.807) is 18.4 Å². The third kappa shape index (κ3) is 8.94. The molecule has 0 bridgehead atoms. The first-order valence-corrected chi connectivity index (χ1v) is 11.2. The molecule has 34 heavy (non-hydrogen) atoms. The molecule has 0 unspecified atom stereocenters. The minimum absolute atomic E-state index is 0.217. The summed E-state index contributed by atoms with van der Waals surface area (Å²) in [5.41, 5.74) is 2.66. The molecular formula is C26H32F3N5. The van der Waals surface area contributed by atoms with Gasteiger partial charge in [-0.05, 0) is 61.7 Å². The van der Waals surface area contributed by atoms with Crippen LogP contribution in [0, 0.1) is 11.7 Å². The van der Waals surface area contributed by atoms with Crippen molar-refractivity contribution >= 4 is 17.6 Å². The van der Waals surface area contributed by atoms with E-state index in [0.717, 1.165) is 23.9 Å². The van der Waals surface area contributed by atoms with Crippen LogP contribution in [0.5, 0.6) is 0 Å². The summed E-state index contributed by atoms with van der Waals surface area (Å²) < 4.78 is 40.3. The van der Waals surface area contributed by atoms with Crippen LogP contribution in [0.1, 0.15) is 45.5 Å². The molecule has 2 rings (SSSR count). The van der Waals surface area contributed by atoms with Crippen molar-refractivity contribution in [1.29, 1.82) is 0 Å². The van der Waals surface area contributed by atoms with Crippen molar-refractivity contribution in [2.24, 2.45) is 10.9 Å². The number of halogens is 3. The minimum Gasteiger partial charge on any atom is -0.379 e. The van der Waals surface area contributed by atoms with E-state index >= 15 is 0 Å². The van der Waals surface area contributed by atoms with Crippen LogP contribution >= 0.6 is 0 Å². The molecule has 0 spiro atoms. The number of anilines is 1. The summed E-state index contributed by atoms with van der Waals surface area (Å²) >= 11 is 0. The lowest BCUT2D eigenvalue weighted by atomic mass is 10.1. The number of hydrogen-bond acceptors (Lipinski definition) is 5. The van der Waals surface area contributed by atoms with Gasteiger partial charge in [0.2, 0.25) is 0 Å². The molecule has 0 saturated heterocycles. The predicted molar refractivity (Wildman–Crippen MR) is 134 cm³/mol. The molecule has 0 aromatic carbocycles. The van der Waals surface area contributed by atoms with Crippen molar-refractivity contribution in [1.82, 2.24) is 15.3 Å². The van der Waals surface area contributed by atoms with Crippen molar-refractivity contribution in [2.45, 2.75) is 34.1 Å². The van der Waals surface area contributed by atoms with Crippen molar-refractivity contribution in [3.05, 3.63) is 83.2 Å². The molecule has 2 aromatic rings. The first-order valence-electron chi connectivity index (χ1n) is 11.2. The summed E-state index contributed by atoms with van der Waals surface area (Å²) in [6.45, 7) is 9.96. The Morgan fingerprint density at radius 1 is 1.21 bits per heavy atom. The first-order chi connectivity index (χ1) is 16.3. The highest BCUT2D eigenvalue weighted by molar-refractivity contribution is 5.85. The van der Waals surface area contributed by atoms with Crippen molar-refractivity contribution < 1.29 is 13.2 Å². The molecule has 8 heteroatoms. The third-order valence-electron chi connectivity index (χ3n) is 4.76. The van der Waals surface area contributed by atoms with E-state index in [1.807, 2.05) is 26.0 Å². The quantitative estimate of drug-likeness (QED) is 0.285. The summed E-state index contributed by atoms with van der Waals surface area (Å²) in [7, 11) is 0. The molecule has 5 nitrogen and oxygen atoms in total. The average Bonchev–Trinajstić information content (AvgIpc) is 2.81. The molecule has 0 radical (unpaired) electrons. The van der Waals surface area contributed by atoms with Gasteiger partial charge in [-0.3, -0.25) is 9.98 Å². The van der Waals surface area contributed by atoms with Crippen LogP contribution in [0.15, 0.2) is 71.0 Å². The van der Waals surface area contributed by atoms with Gasteiger partial charge < -0.3 is 10.6 Å². The van der Waals surface area contributed by atoms with Gasteiger partial charge in [0.1, 0.15) is 5.69 Å². The van der Waals surface area contributed by atoms with Crippen molar-refractivity contribution in [3.63, 3.8) is 0 Å². The number of nitrogens with one attached hydrogen (secondary N) is 2. The molecule has 0 atom stereocenters. The maximum atomic E-state index is 13.9. The van der Waals surface area contributed by atoms with Crippen LogP contribution < -0.4 is 10.6 Å². The van der Waals surface area contributed by atoms with Crippen molar-refractivity contribution in [2.75, 3.05) is 25.0 Å². The molecular weight excluding hydrogens is 439 g/mol. The number of aromatic nitrogens is 2. The van der Waals surface area contributed by atoms with Gasteiger partial charge in [0.15, 0.2) is 5.82 Å². The highest BCUT2D eigenvalue weighted by Gasteiger charge is 2.11. The van der Waals surface area contributed by atoms with E-state index in [2.05, 4.69) is 39.4 Å². The molecule has 2 aromatic heterocycles. The van der Waals surface area contributed by atoms with Gasteiger partial charge in [0, 0.05) is 25.5 Å². The zero-order valence-electron chi connectivity index (χ0n) is 20.0. The summed E-state index contributed by atoms with van der Waals surface area (Å²) in [5.74, 6) is 0.0451. The Morgan fingerprint density at radius 2 is 2.00 bits per heavy atom. The summed E-state index contributed by atoms with van der Waals surface area (Å²) in [6, 6.07) is 5.93. The van der Waals surface area contributed by atoms with Gasteiger partial charge in [-0.25, -0.2) is 18.2 Å². The minimum atomic E-state index is -2.69. The predicted octanol–water partition coefficient (Wildman–Crippen LogP) is 6.22. The second-order valence-corrected chi connectivity index (χ2v) is 8.07. The average molecular weight is 472 g/mol. The van der Waals surface area contributed by atoms with Crippen molar-refractivity contribution in [3.8, 4) is 0 Å². The fourth-order valence-electron chi connectivity index (χ4n) is 2.99. The number of allylic oxidation sites excluding steroid dienone is 2. The Labute approximate surface area is 199 Å². The second-order valence-electron chi connectivity index (χ2n) is 8.07. The maximum Gasteiger partial charge on any atom is 0.280 e. The molecule has 0 aliphatic carbocycles.